The van der Waals surface area contributed by atoms with Crippen molar-refractivity contribution >= 4 is 51.3 Å². The quantitative estimate of drug-likeness (QED) is 0.340. The molecule has 0 spiro atoms. The Morgan fingerprint density at radius 3 is 2.46 bits per heavy atom. The van der Waals surface area contributed by atoms with Crippen molar-refractivity contribution in [3.8, 4) is 0 Å². The van der Waals surface area contributed by atoms with Gasteiger partial charge in [-0.15, -0.1) is 35.3 Å². The van der Waals surface area contributed by atoms with Crippen molar-refractivity contribution in [3.63, 3.8) is 0 Å². The van der Waals surface area contributed by atoms with Gasteiger partial charge >= 0.3 is 0 Å². The van der Waals surface area contributed by atoms with Gasteiger partial charge in [-0.1, -0.05) is 24.3 Å². The van der Waals surface area contributed by atoms with Gasteiger partial charge < -0.3 is 10.6 Å². The number of rotatable bonds is 6. The lowest BCUT2D eigenvalue weighted by Crippen LogP contribution is -2.43. The van der Waals surface area contributed by atoms with Gasteiger partial charge in [0.15, 0.2) is 5.96 Å². The van der Waals surface area contributed by atoms with Gasteiger partial charge in [0.25, 0.3) is 0 Å². The zero-order valence-electron chi connectivity index (χ0n) is 15.9. The first kappa shape index (κ1) is 23.1. The van der Waals surface area contributed by atoms with Crippen LogP contribution in [0.2, 0.25) is 0 Å². The number of guanidine groups is 1. The molecule has 1 aromatic carbocycles. The molecule has 3 rings (SSSR count). The van der Waals surface area contributed by atoms with Gasteiger partial charge in [-0.05, 0) is 42.3 Å². The molecule has 1 aliphatic rings. The topological polar surface area (TPSA) is 73.8 Å². The van der Waals surface area contributed by atoms with Crippen LogP contribution in [0, 0.1) is 5.92 Å². The van der Waals surface area contributed by atoms with Gasteiger partial charge in [-0.3, -0.25) is 4.99 Å². The Kier molecular flexibility index (Phi) is 9.19. The molecule has 2 heterocycles. The van der Waals surface area contributed by atoms with E-state index >= 15 is 0 Å². The van der Waals surface area contributed by atoms with Crippen LogP contribution in [0.5, 0.6) is 0 Å². The Morgan fingerprint density at radius 2 is 1.86 bits per heavy atom. The highest BCUT2D eigenvalue weighted by Gasteiger charge is 2.29. The van der Waals surface area contributed by atoms with Crippen molar-refractivity contribution in [2.45, 2.75) is 24.3 Å². The number of sulfonamides is 1. The summed E-state index contributed by atoms with van der Waals surface area (Å²) in [6.45, 7) is 2.67. The molecule has 0 radical (unpaired) electrons. The fraction of sp³-hybridized carbons (Fsp3) is 0.421. The fourth-order valence-corrected chi connectivity index (χ4v) is 5.28. The number of hydrogen-bond donors (Lipinski definition) is 2. The van der Waals surface area contributed by atoms with E-state index in [-0.39, 0.29) is 24.0 Å². The molecular weight excluding hydrogens is 507 g/mol. The highest BCUT2D eigenvalue weighted by molar-refractivity contribution is 14.0. The normalized spacial score (nSPS) is 16.4. The van der Waals surface area contributed by atoms with Crippen molar-refractivity contribution < 1.29 is 8.42 Å². The van der Waals surface area contributed by atoms with Crippen molar-refractivity contribution in [2.75, 3.05) is 26.7 Å². The average molecular weight is 534 g/mol. The van der Waals surface area contributed by atoms with E-state index in [0.717, 1.165) is 31.9 Å². The van der Waals surface area contributed by atoms with E-state index in [0.29, 0.717) is 23.9 Å². The van der Waals surface area contributed by atoms with Crippen LogP contribution in [0.1, 0.15) is 17.7 Å². The molecule has 0 bridgehead atoms. The van der Waals surface area contributed by atoms with E-state index in [2.05, 4.69) is 27.1 Å². The first-order valence-corrected chi connectivity index (χ1v) is 11.4. The third-order valence-corrected chi connectivity index (χ3v) is 7.54. The summed E-state index contributed by atoms with van der Waals surface area (Å²) in [6, 6.07) is 12.8. The van der Waals surface area contributed by atoms with E-state index in [1.165, 1.54) is 4.88 Å². The summed E-state index contributed by atoms with van der Waals surface area (Å²) in [5.74, 6) is 1.22. The zero-order chi connectivity index (χ0) is 19.1. The molecule has 28 heavy (non-hydrogen) atoms. The van der Waals surface area contributed by atoms with E-state index in [9.17, 15) is 8.42 Å². The molecule has 9 heteroatoms. The molecule has 0 saturated carbocycles. The standard InChI is InChI=1S/C19H26N4O2S2.HI/c1-20-19(22-15-17-6-5-13-26-17)21-14-16-9-11-23(12-10-16)27(24,25)18-7-3-2-4-8-18;/h2-8,13,16H,9-12,14-15H2,1H3,(H2,20,21,22);1H. The van der Waals surface area contributed by atoms with Crippen LogP contribution in [0.4, 0.5) is 0 Å². The number of benzene rings is 1. The predicted molar refractivity (Wildman–Crippen MR) is 126 cm³/mol. The van der Waals surface area contributed by atoms with Gasteiger partial charge in [0.2, 0.25) is 10.0 Å². The highest BCUT2D eigenvalue weighted by atomic mass is 127. The number of nitrogens with one attached hydrogen (secondary N) is 2. The summed E-state index contributed by atoms with van der Waals surface area (Å²) < 4.78 is 27.0. The molecule has 1 fully saturated rings. The van der Waals surface area contributed by atoms with Gasteiger partial charge in [-0.25, -0.2) is 8.42 Å². The van der Waals surface area contributed by atoms with Crippen LogP contribution in [0.3, 0.4) is 0 Å². The van der Waals surface area contributed by atoms with E-state index < -0.39 is 10.0 Å². The Morgan fingerprint density at radius 1 is 1.14 bits per heavy atom. The summed E-state index contributed by atoms with van der Waals surface area (Å²) in [7, 11) is -1.61. The minimum atomic E-state index is -3.38. The lowest BCUT2D eigenvalue weighted by Gasteiger charge is -2.31. The second-order valence-corrected chi connectivity index (χ2v) is 9.52. The highest BCUT2D eigenvalue weighted by Crippen LogP contribution is 2.23. The summed E-state index contributed by atoms with van der Waals surface area (Å²) in [4.78, 5) is 5.89. The molecule has 1 aliphatic heterocycles. The third kappa shape index (κ3) is 6.16. The van der Waals surface area contributed by atoms with Gasteiger partial charge in [0, 0.05) is 31.6 Å². The number of halogens is 1. The summed E-state index contributed by atoms with van der Waals surface area (Å²) in [5, 5.41) is 8.73. The first-order chi connectivity index (χ1) is 13.1. The zero-order valence-corrected chi connectivity index (χ0v) is 19.8. The maximum Gasteiger partial charge on any atom is 0.243 e. The lowest BCUT2D eigenvalue weighted by atomic mass is 9.98. The summed E-state index contributed by atoms with van der Waals surface area (Å²) in [5.41, 5.74) is 0. The Balaban J connectivity index is 0.00000280. The van der Waals surface area contributed by atoms with E-state index in [4.69, 9.17) is 0 Å². The van der Waals surface area contributed by atoms with Crippen molar-refractivity contribution in [1.29, 1.82) is 0 Å². The molecule has 2 aromatic rings. The van der Waals surface area contributed by atoms with Crippen LogP contribution < -0.4 is 10.6 Å². The minimum absolute atomic E-state index is 0. The first-order valence-electron chi connectivity index (χ1n) is 9.11. The van der Waals surface area contributed by atoms with Crippen LogP contribution in [0.15, 0.2) is 57.7 Å². The molecule has 0 atom stereocenters. The summed E-state index contributed by atoms with van der Waals surface area (Å²) >= 11 is 1.71. The molecule has 0 unspecified atom stereocenters. The third-order valence-electron chi connectivity index (χ3n) is 4.75. The largest absolute Gasteiger partial charge is 0.356 e. The molecule has 154 valence electrons. The van der Waals surface area contributed by atoms with Gasteiger partial charge in [-0.2, -0.15) is 4.31 Å². The van der Waals surface area contributed by atoms with Gasteiger partial charge in [0.1, 0.15) is 0 Å². The maximum atomic E-state index is 12.7. The van der Waals surface area contributed by atoms with E-state index in [1.807, 2.05) is 12.1 Å². The number of aliphatic imine (C=N–C) groups is 1. The van der Waals surface area contributed by atoms with Crippen molar-refractivity contribution in [2.24, 2.45) is 10.9 Å². The fourth-order valence-electron chi connectivity index (χ4n) is 3.14. The van der Waals surface area contributed by atoms with Crippen LogP contribution in [-0.2, 0) is 16.6 Å². The second kappa shape index (κ2) is 11.1. The second-order valence-electron chi connectivity index (χ2n) is 6.55. The Bertz CT molecular complexity index is 834. The number of nitrogens with zero attached hydrogens (tertiary/aromatic N) is 2. The Hall–Kier alpha value is -1.17. The van der Waals surface area contributed by atoms with E-state index in [1.54, 1.807) is 47.0 Å². The molecule has 2 N–H and O–H groups in total. The molecule has 6 nitrogen and oxygen atoms in total. The number of hydrogen-bond acceptors (Lipinski definition) is 4. The van der Waals surface area contributed by atoms with Gasteiger partial charge in [0.05, 0.1) is 11.4 Å². The van der Waals surface area contributed by atoms with Crippen molar-refractivity contribution in [1.82, 2.24) is 14.9 Å². The maximum absolute atomic E-state index is 12.7. The molecule has 1 aromatic heterocycles. The lowest BCUT2D eigenvalue weighted by molar-refractivity contribution is 0.273. The van der Waals surface area contributed by atoms with Crippen LogP contribution in [0.25, 0.3) is 0 Å². The Labute approximate surface area is 188 Å². The number of thiophene rings is 1. The summed E-state index contributed by atoms with van der Waals surface area (Å²) in [6.07, 6.45) is 1.70. The van der Waals surface area contributed by atoms with Crippen LogP contribution in [-0.4, -0.2) is 45.4 Å². The average Bonchev–Trinajstić information content (AvgIpc) is 3.23. The van der Waals surface area contributed by atoms with Crippen molar-refractivity contribution in [3.05, 3.63) is 52.7 Å². The molecular formula is C19H27IN4O2S2. The molecule has 0 amide bonds. The smallest absolute Gasteiger partial charge is 0.243 e. The number of piperidine rings is 1. The molecule has 0 aliphatic carbocycles. The SMILES string of the molecule is CN=C(NCc1cccs1)NCC1CCN(S(=O)(=O)c2ccccc2)CC1.I. The molecule has 1 saturated heterocycles. The monoisotopic (exact) mass is 534 g/mol. The predicted octanol–water partition coefficient (Wildman–Crippen LogP) is 3.13. The van der Waals surface area contributed by atoms with Crippen LogP contribution >= 0.6 is 35.3 Å². The minimum Gasteiger partial charge on any atom is -0.356 e.